The van der Waals surface area contributed by atoms with Gasteiger partial charge in [0.25, 0.3) is 0 Å². The second-order valence-electron chi connectivity index (χ2n) is 5.26. The van der Waals surface area contributed by atoms with Gasteiger partial charge in [-0.1, -0.05) is 0 Å². The molecule has 0 aromatic carbocycles. The van der Waals surface area contributed by atoms with Crippen molar-refractivity contribution in [3.8, 4) is 0 Å². The number of ether oxygens (including phenoxy) is 1. The molecule has 3 N–H and O–H groups in total. The van der Waals surface area contributed by atoms with Gasteiger partial charge in [-0.2, -0.15) is 0 Å². The third-order valence-corrected chi connectivity index (χ3v) is 4.86. The fourth-order valence-electron chi connectivity index (χ4n) is 2.51. The lowest BCUT2D eigenvalue weighted by atomic mass is 9.92. The Bertz CT molecular complexity index is 465. The average Bonchev–Trinajstić information content (AvgIpc) is 2.77. The number of thiazole rings is 1. The Morgan fingerprint density at radius 3 is 2.59 bits per heavy atom. The minimum absolute atomic E-state index is 0. The molecular weight excluding hydrogens is 345 g/mol. The van der Waals surface area contributed by atoms with Gasteiger partial charge in [-0.3, -0.25) is 4.79 Å². The van der Waals surface area contributed by atoms with Gasteiger partial charge in [0.2, 0.25) is 5.91 Å². The molecule has 1 saturated heterocycles. The zero-order valence-electron chi connectivity index (χ0n) is 13.0. The fourth-order valence-corrected chi connectivity index (χ4v) is 3.45. The Labute approximate surface area is 148 Å². The van der Waals surface area contributed by atoms with Crippen LogP contribution < -0.4 is 11.1 Å². The minimum Gasteiger partial charge on any atom is -0.381 e. The molecule has 128 valence electrons. The van der Waals surface area contributed by atoms with Crippen LogP contribution in [-0.2, 0) is 16.0 Å². The molecule has 1 fully saturated rings. The molecule has 2 rings (SSSR count). The highest BCUT2D eigenvalue weighted by Crippen LogP contribution is 2.18. The van der Waals surface area contributed by atoms with Crippen molar-refractivity contribution < 1.29 is 9.53 Å². The van der Waals surface area contributed by atoms with Crippen LogP contribution in [0.2, 0.25) is 0 Å². The van der Waals surface area contributed by atoms with E-state index >= 15 is 0 Å². The van der Waals surface area contributed by atoms with Gasteiger partial charge < -0.3 is 15.8 Å². The lowest BCUT2D eigenvalue weighted by molar-refractivity contribution is -0.124. The van der Waals surface area contributed by atoms with E-state index in [1.165, 1.54) is 4.88 Å². The van der Waals surface area contributed by atoms with Crippen molar-refractivity contribution in [3.63, 3.8) is 0 Å². The number of carbonyl (C=O) groups is 1. The van der Waals surface area contributed by atoms with Crippen molar-refractivity contribution in [2.45, 2.75) is 39.2 Å². The molecule has 0 radical (unpaired) electrons. The summed E-state index contributed by atoms with van der Waals surface area (Å²) in [5.41, 5.74) is 7.09. The van der Waals surface area contributed by atoms with Crippen LogP contribution in [-0.4, -0.2) is 36.7 Å². The highest BCUT2D eigenvalue weighted by atomic mass is 35.5. The summed E-state index contributed by atoms with van der Waals surface area (Å²) in [4.78, 5) is 17.7. The van der Waals surface area contributed by atoms with E-state index in [0.717, 1.165) is 30.0 Å². The zero-order chi connectivity index (χ0) is 14.5. The molecule has 1 aromatic rings. The van der Waals surface area contributed by atoms with Crippen molar-refractivity contribution in [2.24, 2.45) is 11.7 Å². The standard InChI is InChI=1S/C14H23N3O2S.2ClH/c1-9-12(20-10(2)17-9)3-6-16-14(18)13(15)11-4-7-19-8-5-11;;/h11,13H,3-8,15H2,1-2H3,(H,16,18);2*1H. The van der Waals surface area contributed by atoms with E-state index in [-0.39, 0.29) is 36.6 Å². The van der Waals surface area contributed by atoms with Crippen LogP contribution in [0.25, 0.3) is 0 Å². The summed E-state index contributed by atoms with van der Waals surface area (Å²) >= 11 is 1.69. The number of aromatic nitrogens is 1. The van der Waals surface area contributed by atoms with E-state index in [4.69, 9.17) is 10.5 Å². The number of rotatable bonds is 5. The van der Waals surface area contributed by atoms with E-state index < -0.39 is 6.04 Å². The van der Waals surface area contributed by atoms with Gasteiger partial charge in [-0.25, -0.2) is 4.98 Å². The molecule has 1 amide bonds. The number of aryl methyl sites for hydroxylation is 2. The van der Waals surface area contributed by atoms with Crippen LogP contribution in [0.5, 0.6) is 0 Å². The smallest absolute Gasteiger partial charge is 0.237 e. The number of hydrogen-bond donors (Lipinski definition) is 2. The highest BCUT2D eigenvalue weighted by molar-refractivity contribution is 7.11. The number of nitrogens with two attached hydrogens (primary N) is 1. The van der Waals surface area contributed by atoms with Crippen LogP contribution in [0.1, 0.15) is 28.4 Å². The van der Waals surface area contributed by atoms with E-state index in [2.05, 4.69) is 10.3 Å². The summed E-state index contributed by atoms with van der Waals surface area (Å²) in [6.07, 6.45) is 2.58. The SMILES string of the molecule is Cc1nc(C)c(CCNC(=O)C(N)C2CCOCC2)s1.Cl.Cl. The van der Waals surface area contributed by atoms with Crippen LogP contribution in [0.4, 0.5) is 0 Å². The molecule has 2 heterocycles. The predicted molar refractivity (Wildman–Crippen MR) is 94.3 cm³/mol. The molecule has 1 aliphatic heterocycles. The van der Waals surface area contributed by atoms with Crippen LogP contribution in [0.3, 0.4) is 0 Å². The molecule has 5 nitrogen and oxygen atoms in total. The largest absolute Gasteiger partial charge is 0.381 e. The average molecular weight is 370 g/mol. The summed E-state index contributed by atoms with van der Waals surface area (Å²) in [5.74, 6) is 0.201. The number of amides is 1. The fraction of sp³-hybridized carbons (Fsp3) is 0.714. The van der Waals surface area contributed by atoms with E-state index in [1.807, 2.05) is 13.8 Å². The molecule has 8 heteroatoms. The van der Waals surface area contributed by atoms with Gasteiger partial charge in [-0.15, -0.1) is 36.2 Å². The summed E-state index contributed by atoms with van der Waals surface area (Å²) in [6, 6.07) is -0.414. The van der Waals surface area contributed by atoms with E-state index in [9.17, 15) is 4.79 Å². The van der Waals surface area contributed by atoms with Crippen molar-refractivity contribution in [1.29, 1.82) is 0 Å². The Morgan fingerprint density at radius 1 is 1.41 bits per heavy atom. The topological polar surface area (TPSA) is 77.2 Å². The molecule has 0 spiro atoms. The minimum atomic E-state index is -0.414. The number of carbonyl (C=O) groups excluding carboxylic acids is 1. The second kappa shape index (κ2) is 10.4. The number of nitrogens with one attached hydrogen (secondary N) is 1. The summed E-state index contributed by atoms with van der Waals surface area (Å²) < 4.78 is 5.29. The van der Waals surface area contributed by atoms with Crippen LogP contribution in [0.15, 0.2) is 0 Å². The first-order valence-corrected chi connectivity index (χ1v) is 7.93. The molecule has 0 aliphatic carbocycles. The maximum atomic E-state index is 12.0. The molecule has 1 aliphatic rings. The lowest BCUT2D eigenvalue weighted by Crippen LogP contribution is -2.47. The Balaban J connectivity index is 0.00000220. The Hall–Kier alpha value is -0.400. The zero-order valence-corrected chi connectivity index (χ0v) is 15.4. The lowest BCUT2D eigenvalue weighted by Gasteiger charge is -2.26. The predicted octanol–water partition coefficient (Wildman–Crippen LogP) is 2.02. The highest BCUT2D eigenvalue weighted by Gasteiger charge is 2.26. The van der Waals surface area contributed by atoms with Crippen molar-refractivity contribution in [3.05, 3.63) is 15.6 Å². The van der Waals surface area contributed by atoms with E-state index in [1.54, 1.807) is 11.3 Å². The molecule has 0 saturated carbocycles. The quantitative estimate of drug-likeness (QED) is 0.831. The number of nitrogens with zero attached hydrogens (tertiary/aromatic N) is 1. The van der Waals surface area contributed by atoms with Crippen LogP contribution >= 0.6 is 36.2 Å². The summed E-state index contributed by atoms with van der Waals surface area (Å²) in [5, 5.41) is 4.01. The monoisotopic (exact) mass is 369 g/mol. The molecule has 1 unspecified atom stereocenters. The van der Waals surface area contributed by atoms with Gasteiger partial charge in [0.05, 0.1) is 16.7 Å². The molecular formula is C14H25Cl2N3O2S. The molecule has 1 atom stereocenters. The maximum Gasteiger partial charge on any atom is 0.237 e. The first-order valence-electron chi connectivity index (χ1n) is 7.12. The number of hydrogen-bond acceptors (Lipinski definition) is 5. The van der Waals surface area contributed by atoms with Gasteiger partial charge >= 0.3 is 0 Å². The van der Waals surface area contributed by atoms with Crippen LogP contribution in [0, 0.1) is 19.8 Å². The number of halogens is 2. The van der Waals surface area contributed by atoms with E-state index in [0.29, 0.717) is 19.8 Å². The van der Waals surface area contributed by atoms with Crippen molar-refractivity contribution in [1.82, 2.24) is 10.3 Å². The maximum absolute atomic E-state index is 12.0. The summed E-state index contributed by atoms with van der Waals surface area (Å²) in [7, 11) is 0. The molecule has 1 aromatic heterocycles. The molecule has 22 heavy (non-hydrogen) atoms. The van der Waals surface area contributed by atoms with Crippen molar-refractivity contribution in [2.75, 3.05) is 19.8 Å². The first-order chi connectivity index (χ1) is 9.58. The van der Waals surface area contributed by atoms with Crippen molar-refractivity contribution >= 4 is 42.1 Å². The van der Waals surface area contributed by atoms with Gasteiger partial charge in [0.15, 0.2) is 0 Å². The Morgan fingerprint density at radius 2 is 2.05 bits per heavy atom. The second-order valence-corrected chi connectivity index (χ2v) is 6.55. The normalized spacial score (nSPS) is 16.3. The summed E-state index contributed by atoms with van der Waals surface area (Å²) in [6.45, 7) is 6.06. The van der Waals surface area contributed by atoms with Gasteiger partial charge in [0.1, 0.15) is 0 Å². The third-order valence-electron chi connectivity index (χ3n) is 3.73. The first kappa shape index (κ1) is 21.6. The van der Waals surface area contributed by atoms with Gasteiger partial charge in [-0.05, 0) is 32.6 Å². The third kappa shape index (κ3) is 6.01. The van der Waals surface area contributed by atoms with Gasteiger partial charge in [0, 0.05) is 31.1 Å². The Kier molecular flexibility index (Phi) is 10.2. The molecule has 0 bridgehead atoms.